The van der Waals surface area contributed by atoms with Crippen molar-refractivity contribution < 1.29 is 28.5 Å². The molecular formula is C15H20F2N2O4S. The Morgan fingerprint density at radius 1 is 1.42 bits per heavy atom. The summed E-state index contributed by atoms with van der Waals surface area (Å²) in [7, 11) is 0. The zero-order valence-corrected chi connectivity index (χ0v) is 14.2. The summed E-state index contributed by atoms with van der Waals surface area (Å²) in [6.07, 6.45) is -0.816. The number of rotatable bonds is 4. The summed E-state index contributed by atoms with van der Waals surface area (Å²) in [5.41, 5.74) is -0.560. The molecule has 0 saturated carbocycles. The fraction of sp³-hybridized carbons (Fsp3) is 0.533. The maximum atomic E-state index is 14.3. The van der Waals surface area contributed by atoms with Gasteiger partial charge in [-0.2, -0.15) is 11.8 Å². The van der Waals surface area contributed by atoms with Crippen LogP contribution in [0.2, 0.25) is 0 Å². The van der Waals surface area contributed by atoms with Crippen LogP contribution in [0.1, 0.15) is 13.8 Å². The average Bonchev–Trinajstić information content (AvgIpc) is 2.46. The first-order valence-electron chi connectivity index (χ1n) is 7.45. The van der Waals surface area contributed by atoms with E-state index < -0.39 is 29.3 Å². The monoisotopic (exact) mass is 362 g/mol. The van der Waals surface area contributed by atoms with Crippen molar-refractivity contribution in [1.82, 2.24) is 5.32 Å². The van der Waals surface area contributed by atoms with E-state index in [1.807, 2.05) is 13.8 Å². The Balaban J connectivity index is 2.18. The number of carbonyl (C=O) groups is 1. The summed E-state index contributed by atoms with van der Waals surface area (Å²) in [4.78, 5) is 12.4. The van der Waals surface area contributed by atoms with Crippen LogP contribution >= 0.6 is 11.8 Å². The number of hydrogen-bond acceptors (Lipinski definition) is 6. The molecule has 1 amide bonds. The molecule has 0 aliphatic carbocycles. The standard InChI is InChI=1S/C15H20F2N2O4S/c1-9(2)7-18-14(20)23-10-5-11(16)13(12(17)6-10)19-3-4-24-8-15(19,21)22/h5-6,9,21-22H,3-4,7-8H2,1-2H3,(H,18,20). The Kier molecular flexibility index (Phi) is 5.89. The van der Waals surface area contributed by atoms with E-state index in [4.69, 9.17) is 4.74 Å². The molecule has 134 valence electrons. The Bertz CT molecular complexity index is 590. The molecule has 0 aromatic heterocycles. The van der Waals surface area contributed by atoms with Crippen LogP contribution in [0.5, 0.6) is 5.75 Å². The van der Waals surface area contributed by atoms with Crippen molar-refractivity contribution in [3.8, 4) is 5.75 Å². The Hall–Kier alpha value is -1.58. The maximum absolute atomic E-state index is 14.3. The van der Waals surface area contributed by atoms with Gasteiger partial charge < -0.3 is 25.2 Å². The van der Waals surface area contributed by atoms with Gasteiger partial charge in [-0.3, -0.25) is 0 Å². The van der Waals surface area contributed by atoms with Crippen molar-refractivity contribution in [2.75, 3.05) is 29.5 Å². The lowest BCUT2D eigenvalue weighted by atomic mass is 10.2. The number of nitrogens with zero attached hydrogens (tertiary/aromatic N) is 1. The Morgan fingerprint density at radius 2 is 2.04 bits per heavy atom. The highest BCUT2D eigenvalue weighted by Gasteiger charge is 2.38. The van der Waals surface area contributed by atoms with Gasteiger partial charge in [0, 0.05) is 31.0 Å². The van der Waals surface area contributed by atoms with Crippen molar-refractivity contribution in [2.24, 2.45) is 5.92 Å². The number of nitrogens with one attached hydrogen (secondary N) is 1. The lowest BCUT2D eigenvalue weighted by Gasteiger charge is -2.40. The highest BCUT2D eigenvalue weighted by molar-refractivity contribution is 7.99. The predicted molar refractivity (Wildman–Crippen MR) is 87.1 cm³/mol. The van der Waals surface area contributed by atoms with Crippen molar-refractivity contribution in [1.29, 1.82) is 0 Å². The first-order chi connectivity index (χ1) is 11.2. The van der Waals surface area contributed by atoms with Gasteiger partial charge in [-0.1, -0.05) is 13.8 Å². The largest absolute Gasteiger partial charge is 0.412 e. The van der Waals surface area contributed by atoms with Crippen LogP contribution in [0.15, 0.2) is 12.1 Å². The van der Waals surface area contributed by atoms with E-state index >= 15 is 0 Å². The second-order valence-electron chi connectivity index (χ2n) is 5.88. The second-order valence-corrected chi connectivity index (χ2v) is 6.98. The fourth-order valence-corrected chi connectivity index (χ4v) is 3.09. The summed E-state index contributed by atoms with van der Waals surface area (Å²) >= 11 is 1.27. The zero-order chi connectivity index (χ0) is 17.9. The maximum Gasteiger partial charge on any atom is 0.412 e. The van der Waals surface area contributed by atoms with Crippen LogP contribution in [0.3, 0.4) is 0 Å². The number of halogens is 2. The highest BCUT2D eigenvalue weighted by Crippen LogP contribution is 2.34. The molecule has 0 spiro atoms. The van der Waals surface area contributed by atoms with E-state index in [0.717, 1.165) is 17.0 Å². The molecule has 1 aliphatic rings. The van der Waals surface area contributed by atoms with Crippen molar-refractivity contribution in [3.63, 3.8) is 0 Å². The van der Waals surface area contributed by atoms with Gasteiger partial charge >= 0.3 is 6.09 Å². The van der Waals surface area contributed by atoms with Gasteiger partial charge in [-0.15, -0.1) is 0 Å². The number of ether oxygens (including phenoxy) is 1. The number of anilines is 1. The summed E-state index contributed by atoms with van der Waals surface area (Å²) in [5, 5.41) is 22.3. The number of hydrogen-bond donors (Lipinski definition) is 3. The predicted octanol–water partition coefficient (Wildman–Crippen LogP) is 1.90. The van der Waals surface area contributed by atoms with Crippen LogP contribution in [0.25, 0.3) is 0 Å². The minimum atomic E-state index is -2.35. The molecule has 1 aromatic carbocycles. The van der Waals surface area contributed by atoms with Crippen molar-refractivity contribution >= 4 is 23.5 Å². The molecule has 0 atom stereocenters. The minimum Gasteiger partial charge on any atom is -0.410 e. The van der Waals surface area contributed by atoms with Gasteiger partial charge in [0.25, 0.3) is 5.91 Å². The number of amides is 1. The van der Waals surface area contributed by atoms with E-state index in [1.54, 1.807) is 0 Å². The third kappa shape index (κ3) is 4.49. The van der Waals surface area contributed by atoms with Crippen LogP contribution in [-0.4, -0.2) is 46.8 Å². The number of thioether (sulfide) groups is 1. The molecule has 2 rings (SSSR count). The van der Waals surface area contributed by atoms with Gasteiger partial charge in [-0.25, -0.2) is 13.6 Å². The highest BCUT2D eigenvalue weighted by atomic mass is 32.2. The molecule has 1 heterocycles. The molecule has 1 fully saturated rings. The van der Waals surface area contributed by atoms with Gasteiger partial charge in [0.15, 0.2) is 11.6 Å². The summed E-state index contributed by atoms with van der Waals surface area (Å²) in [6.45, 7) is 4.22. The van der Waals surface area contributed by atoms with Crippen LogP contribution in [0, 0.1) is 17.6 Å². The Labute approximate surface area is 142 Å². The fourth-order valence-electron chi connectivity index (χ4n) is 2.20. The van der Waals surface area contributed by atoms with Gasteiger partial charge in [0.1, 0.15) is 11.4 Å². The second kappa shape index (κ2) is 7.54. The lowest BCUT2D eigenvalue weighted by Crippen LogP contribution is -2.55. The first kappa shape index (κ1) is 18.8. The first-order valence-corrected chi connectivity index (χ1v) is 8.61. The minimum absolute atomic E-state index is 0.0700. The summed E-state index contributed by atoms with van der Waals surface area (Å²) in [5.74, 6) is -4.13. The van der Waals surface area contributed by atoms with E-state index in [2.05, 4.69) is 5.32 Å². The molecule has 0 unspecified atom stereocenters. The molecule has 1 aliphatic heterocycles. The third-order valence-electron chi connectivity index (χ3n) is 3.31. The number of aliphatic hydroxyl groups is 2. The quantitative estimate of drug-likeness (QED) is 0.710. The van der Waals surface area contributed by atoms with Crippen molar-refractivity contribution in [3.05, 3.63) is 23.8 Å². The van der Waals surface area contributed by atoms with Crippen LogP contribution in [-0.2, 0) is 0 Å². The van der Waals surface area contributed by atoms with Crippen LogP contribution < -0.4 is 15.0 Å². The van der Waals surface area contributed by atoms with Gasteiger partial charge in [-0.05, 0) is 5.92 Å². The normalized spacial score (nSPS) is 17.0. The van der Waals surface area contributed by atoms with Gasteiger partial charge in [0.05, 0.1) is 5.75 Å². The topological polar surface area (TPSA) is 82.0 Å². The average molecular weight is 362 g/mol. The molecule has 3 N–H and O–H groups in total. The zero-order valence-electron chi connectivity index (χ0n) is 13.4. The van der Waals surface area contributed by atoms with Gasteiger partial charge in [0.2, 0.25) is 0 Å². The van der Waals surface area contributed by atoms with E-state index in [9.17, 15) is 23.8 Å². The van der Waals surface area contributed by atoms with E-state index in [0.29, 0.717) is 12.3 Å². The molecule has 24 heavy (non-hydrogen) atoms. The smallest absolute Gasteiger partial charge is 0.410 e. The summed E-state index contributed by atoms with van der Waals surface area (Å²) < 4.78 is 33.4. The number of benzene rings is 1. The van der Waals surface area contributed by atoms with E-state index in [1.165, 1.54) is 11.8 Å². The lowest BCUT2D eigenvalue weighted by molar-refractivity contribution is -0.141. The molecule has 0 bridgehead atoms. The summed E-state index contributed by atoms with van der Waals surface area (Å²) in [6, 6.07) is 1.68. The van der Waals surface area contributed by atoms with Crippen LogP contribution in [0.4, 0.5) is 19.3 Å². The molecule has 0 radical (unpaired) electrons. The SMILES string of the molecule is CC(C)CNC(=O)Oc1cc(F)c(N2CCSCC2(O)O)c(F)c1. The molecule has 9 heteroatoms. The molecule has 1 aromatic rings. The Morgan fingerprint density at radius 3 is 2.58 bits per heavy atom. The van der Waals surface area contributed by atoms with Crippen molar-refractivity contribution in [2.45, 2.75) is 19.8 Å². The number of carbonyl (C=O) groups excluding carboxylic acids is 1. The molecular weight excluding hydrogens is 342 g/mol. The van der Waals surface area contributed by atoms with E-state index in [-0.39, 0.29) is 24.0 Å². The molecule has 1 saturated heterocycles. The molecule has 6 nitrogen and oxygen atoms in total. The third-order valence-corrected chi connectivity index (χ3v) is 4.38.